The quantitative estimate of drug-likeness (QED) is 0.870. The molecule has 1 aliphatic heterocycles. The lowest BCUT2D eigenvalue weighted by Gasteiger charge is -2.20. The van der Waals surface area contributed by atoms with Gasteiger partial charge in [0.15, 0.2) is 0 Å². The van der Waals surface area contributed by atoms with Gasteiger partial charge in [0, 0.05) is 23.6 Å². The van der Waals surface area contributed by atoms with Gasteiger partial charge in [0.25, 0.3) is 0 Å². The lowest BCUT2D eigenvalue weighted by Crippen LogP contribution is -2.32. The van der Waals surface area contributed by atoms with E-state index in [1.807, 2.05) is 0 Å². The molecular weight excluding hydrogens is 278 g/mol. The summed E-state index contributed by atoms with van der Waals surface area (Å²) in [6.07, 6.45) is 1.10. The first-order valence-electron chi connectivity index (χ1n) is 5.82. The molecule has 0 amide bonds. The highest BCUT2D eigenvalue weighted by Crippen LogP contribution is 2.29. The molecule has 0 bridgehead atoms. The topological polar surface area (TPSA) is 39.1 Å². The van der Waals surface area contributed by atoms with Gasteiger partial charge in [-0.1, -0.05) is 6.07 Å². The summed E-state index contributed by atoms with van der Waals surface area (Å²) in [4.78, 5) is 2.36. The molecule has 0 aromatic heterocycles. The van der Waals surface area contributed by atoms with E-state index in [9.17, 15) is 0 Å². The molecule has 2 rings (SSSR count). The third-order valence-corrected chi connectivity index (χ3v) is 3.74. The SMILES string of the molecule is Cc1ccc(N2CCC(NCC#N)C2)c(Br)c1. The van der Waals surface area contributed by atoms with Crippen LogP contribution in [0.1, 0.15) is 12.0 Å². The van der Waals surface area contributed by atoms with E-state index in [0.717, 1.165) is 24.0 Å². The predicted molar refractivity (Wildman–Crippen MR) is 73.1 cm³/mol. The highest BCUT2D eigenvalue weighted by molar-refractivity contribution is 9.10. The maximum Gasteiger partial charge on any atom is 0.0843 e. The Kier molecular flexibility index (Phi) is 4.03. The number of hydrogen-bond acceptors (Lipinski definition) is 3. The second-order valence-electron chi connectivity index (χ2n) is 4.43. The van der Waals surface area contributed by atoms with Gasteiger partial charge in [-0.15, -0.1) is 0 Å². The summed E-state index contributed by atoms with van der Waals surface area (Å²) in [5, 5.41) is 11.8. The van der Waals surface area contributed by atoms with Gasteiger partial charge in [-0.25, -0.2) is 0 Å². The highest BCUT2D eigenvalue weighted by atomic mass is 79.9. The average molecular weight is 294 g/mol. The number of nitriles is 1. The van der Waals surface area contributed by atoms with Gasteiger partial charge >= 0.3 is 0 Å². The molecule has 0 aliphatic carbocycles. The van der Waals surface area contributed by atoms with Crippen molar-refractivity contribution in [3.63, 3.8) is 0 Å². The Morgan fingerprint density at radius 1 is 1.59 bits per heavy atom. The van der Waals surface area contributed by atoms with Crippen molar-refractivity contribution in [2.75, 3.05) is 24.5 Å². The van der Waals surface area contributed by atoms with Gasteiger partial charge in [-0.3, -0.25) is 5.32 Å². The van der Waals surface area contributed by atoms with Crippen molar-refractivity contribution in [2.24, 2.45) is 0 Å². The van der Waals surface area contributed by atoms with Crippen molar-refractivity contribution >= 4 is 21.6 Å². The van der Waals surface area contributed by atoms with Gasteiger partial charge in [-0.05, 0) is 47.0 Å². The number of halogens is 1. The number of nitrogens with one attached hydrogen (secondary N) is 1. The van der Waals surface area contributed by atoms with E-state index in [1.54, 1.807) is 0 Å². The second-order valence-corrected chi connectivity index (χ2v) is 5.28. The molecule has 1 atom stereocenters. The molecule has 1 aromatic rings. The van der Waals surface area contributed by atoms with Crippen molar-refractivity contribution in [3.05, 3.63) is 28.2 Å². The fraction of sp³-hybridized carbons (Fsp3) is 0.462. The molecule has 0 spiro atoms. The van der Waals surface area contributed by atoms with Crippen molar-refractivity contribution in [2.45, 2.75) is 19.4 Å². The first kappa shape index (κ1) is 12.4. The standard InChI is InChI=1S/C13H16BrN3/c1-10-2-3-13(12(14)8-10)17-7-4-11(9-17)16-6-5-15/h2-3,8,11,16H,4,6-7,9H2,1H3. The summed E-state index contributed by atoms with van der Waals surface area (Å²) in [6.45, 7) is 4.55. The molecule has 1 N–H and O–H groups in total. The first-order chi connectivity index (χ1) is 8.20. The summed E-state index contributed by atoms with van der Waals surface area (Å²) in [5.41, 5.74) is 2.51. The van der Waals surface area contributed by atoms with E-state index in [2.05, 4.69) is 57.3 Å². The third kappa shape index (κ3) is 2.99. The first-order valence-corrected chi connectivity index (χ1v) is 6.61. The molecule has 4 heteroatoms. The predicted octanol–water partition coefficient (Wildman–Crippen LogP) is 2.45. The number of rotatable bonds is 3. The number of anilines is 1. The largest absolute Gasteiger partial charge is 0.369 e. The monoisotopic (exact) mass is 293 g/mol. The Labute approximate surface area is 111 Å². The lowest BCUT2D eigenvalue weighted by molar-refractivity contribution is 0.591. The fourth-order valence-electron chi connectivity index (χ4n) is 2.20. The van der Waals surface area contributed by atoms with Crippen molar-refractivity contribution in [1.82, 2.24) is 5.32 Å². The van der Waals surface area contributed by atoms with E-state index in [-0.39, 0.29) is 0 Å². The summed E-state index contributed by atoms with van der Waals surface area (Å²) in [7, 11) is 0. The third-order valence-electron chi connectivity index (χ3n) is 3.10. The van der Waals surface area contributed by atoms with Gasteiger partial charge in [0.1, 0.15) is 0 Å². The molecule has 1 fully saturated rings. The number of hydrogen-bond donors (Lipinski definition) is 1. The van der Waals surface area contributed by atoms with E-state index in [4.69, 9.17) is 5.26 Å². The zero-order chi connectivity index (χ0) is 12.3. The van der Waals surface area contributed by atoms with Crippen molar-refractivity contribution in [3.8, 4) is 6.07 Å². The van der Waals surface area contributed by atoms with E-state index >= 15 is 0 Å². The van der Waals surface area contributed by atoms with Crippen LogP contribution in [-0.2, 0) is 0 Å². The molecule has 1 heterocycles. The van der Waals surface area contributed by atoms with Gasteiger partial charge in [0.2, 0.25) is 0 Å². The molecule has 17 heavy (non-hydrogen) atoms. The second kappa shape index (κ2) is 5.52. The molecule has 3 nitrogen and oxygen atoms in total. The van der Waals surface area contributed by atoms with Gasteiger partial charge in [-0.2, -0.15) is 5.26 Å². The van der Waals surface area contributed by atoms with Crippen LogP contribution in [0.25, 0.3) is 0 Å². The van der Waals surface area contributed by atoms with E-state index < -0.39 is 0 Å². The minimum absolute atomic E-state index is 0.433. The molecule has 1 aromatic carbocycles. The van der Waals surface area contributed by atoms with Crippen LogP contribution in [0.3, 0.4) is 0 Å². The van der Waals surface area contributed by atoms with Gasteiger partial charge in [0.05, 0.1) is 18.3 Å². The Bertz CT molecular complexity index is 439. The van der Waals surface area contributed by atoms with Gasteiger partial charge < -0.3 is 4.90 Å². The van der Waals surface area contributed by atoms with E-state index in [0.29, 0.717) is 12.6 Å². The maximum atomic E-state index is 8.55. The average Bonchev–Trinajstić information content (AvgIpc) is 2.75. The number of nitrogens with zero attached hydrogens (tertiary/aromatic N) is 2. The Hall–Kier alpha value is -1.05. The van der Waals surface area contributed by atoms with Crippen molar-refractivity contribution < 1.29 is 0 Å². The number of benzene rings is 1. The number of aryl methyl sites for hydroxylation is 1. The Morgan fingerprint density at radius 3 is 3.12 bits per heavy atom. The van der Waals surface area contributed by atoms with Crippen LogP contribution in [0.2, 0.25) is 0 Å². The highest BCUT2D eigenvalue weighted by Gasteiger charge is 2.23. The van der Waals surface area contributed by atoms with E-state index in [1.165, 1.54) is 11.3 Å². The smallest absolute Gasteiger partial charge is 0.0843 e. The molecule has 1 unspecified atom stereocenters. The molecule has 0 radical (unpaired) electrons. The van der Waals surface area contributed by atoms with Crippen LogP contribution in [-0.4, -0.2) is 25.7 Å². The molecule has 0 saturated carbocycles. The normalized spacial score (nSPS) is 19.4. The summed E-state index contributed by atoms with van der Waals surface area (Å²) >= 11 is 3.62. The zero-order valence-electron chi connectivity index (χ0n) is 9.91. The summed E-state index contributed by atoms with van der Waals surface area (Å²) in [5.74, 6) is 0. The fourth-order valence-corrected chi connectivity index (χ4v) is 2.95. The minimum atomic E-state index is 0.433. The van der Waals surface area contributed by atoms with Crippen LogP contribution in [0, 0.1) is 18.3 Å². The van der Waals surface area contributed by atoms with Crippen LogP contribution in [0.15, 0.2) is 22.7 Å². The molecule has 1 aliphatic rings. The minimum Gasteiger partial charge on any atom is -0.369 e. The Balaban J connectivity index is 2.03. The van der Waals surface area contributed by atoms with Crippen molar-refractivity contribution in [1.29, 1.82) is 5.26 Å². The zero-order valence-corrected chi connectivity index (χ0v) is 11.5. The summed E-state index contributed by atoms with van der Waals surface area (Å²) < 4.78 is 1.15. The van der Waals surface area contributed by atoms with Crippen LogP contribution >= 0.6 is 15.9 Å². The molecule has 1 saturated heterocycles. The Morgan fingerprint density at radius 2 is 2.41 bits per heavy atom. The lowest BCUT2D eigenvalue weighted by atomic mass is 10.2. The molecular formula is C13H16BrN3. The van der Waals surface area contributed by atoms with Crippen LogP contribution in [0.4, 0.5) is 5.69 Å². The summed E-state index contributed by atoms with van der Waals surface area (Å²) in [6, 6.07) is 9.00. The van der Waals surface area contributed by atoms with Crippen LogP contribution < -0.4 is 10.2 Å². The van der Waals surface area contributed by atoms with Crippen LogP contribution in [0.5, 0.6) is 0 Å². The maximum absolute atomic E-state index is 8.55. The molecule has 90 valence electrons.